The van der Waals surface area contributed by atoms with Crippen molar-refractivity contribution < 1.29 is 14.3 Å². The van der Waals surface area contributed by atoms with Crippen molar-refractivity contribution in [1.82, 2.24) is 15.6 Å². The Kier molecular flexibility index (Phi) is 7.48. The molecule has 130 valence electrons. The number of hydrogen-bond donors (Lipinski definition) is 2. The zero-order valence-electron chi connectivity index (χ0n) is 14.6. The second-order valence-corrected chi connectivity index (χ2v) is 7.53. The number of nitrogens with one attached hydrogen (secondary N) is 2. The topological polar surface area (TPSA) is 80.3 Å². The normalized spacial score (nSPS) is 11.2. The number of thiazole rings is 1. The van der Waals surface area contributed by atoms with Gasteiger partial charge in [0.1, 0.15) is 5.60 Å². The monoisotopic (exact) mass is 341 g/mol. The lowest BCUT2D eigenvalue weighted by Crippen LogP contribution is -2.35. The van der Waals surface area contributed by atoms with Gasteiger partial charge in [-0.05, 0) is 34.1 Å². The molecule has 0 aliphatic heterocycles. The minimum atomic E-state index is -0.532. The van der Waals surface area contributed by atoms with Crippen molar-refractivity contribution in [2.75, 3.05) is 13.1 Å². The van der Waals surface area contributed by atoms with Gasteiger partial charge in [0.05, 0.1) is 10.7 Å². The highest BCUT2D eigenvalue weighted by Crippen LogP contribution is 2.17. The van der Waals surface area contributed by atoms with E-state index in [2.05, 4.69) is 29.5 Å². The Morgan fingerprint density at radius 3 is 2.48 bits per heavy atom. The third-order valence-electron chi connectivity index (χ3n) is 2.95. The quantitative estimate of drug-likeness (QED) is 0.799. The third-order valence-corrected chi connectivity index (χ3v) is 4.03. The summed E-state index contributed by atoms with van der Waals surface area (Å²) >= 11 is 1.68. The fraction of sp³-hybridized carbons (Fsp3) is 0.688. The Morgan fingerprint density at radius 2 is 1.91 bits per heavy atom. The molecule has 0 saturated heterocycles. The second kappa shape index (κ2) is 8.86. The van der Waals surface area contributed by atoms with Gasteiger partial charge in [0.25, 0.3) is 0 Å². The maximum absolute atomic E-state index is 11.7. The molecule has 0 aliphatic carbocycles. The van der Waals surface area contributed by atoms with Crippen LogP contribution >= 0.6 is 11.3 Å². The van der Waals surface area contributed by atoms with Gasteiger partial charge in [0.15, 0.2) is 0 Å². The molecule has 0 radical (unpaired) electrons. The number of hydrogen-bond acceptors (Lipinski definition) is 5. The Bertz CT molecular complexity index is 535. The van der Waals surface area contributed by atoms with Gasteiger partial charge in [-0.2, -0.15) is 0 Å². The summed E-state index contributed by atoms with van der Waals surface area (Å²) in [5.41, 5.74) is 0.605. The van der Waals surface area contributed by atoms with Crippen LogP contribution in [-0.4, -0.2) is 35.7 Å². The van der Waals surface area contributed by atoms with Gasteiger partial charge in [-0.25, -0.2) is 9.78 Å². The summed E-state index contributed by atoms with van der Waals surface area (Å²) in [7, 11) is 0. The first kappa shape index (κ1) is 19.4. The molecule has 0 fully saturated rings. The van der Waals surface area contributed by atoms with Crippen LogP contribution in [-0.2, 0) is 22.4 Å². The number of rotatable bonds is 7. The van der Waals surface area contributed by atoms with Gasteiger partial charge in [-0.1, -0.05) is 6.92 Å². The molecule has 0 spiro atoms. The highest BCUT2D eigenvalue weighted by molar-refractivity contribution is 7.11. The summed E-state index contributed by atoms with van der Waals surface area (Å²) in [6.07, 6.45) is 1.40. The molecular weight excluding hydrogens is 314 g/mol. The Hall–Kier alpha value is -1.63. The standard InChI is InChI=1S/C16H27N3O3S/c1-6-12-11(2)23-14(19-12)8-10-17-13(20)7-9-18-15(21)22-16(3,4)5/h6-10H2,1-5H3,(H,17,20)(H,18,21). The smallest absolute Gasteiger partial charge is 0.407 e. The Balaban J connectivity index is 2.18. The van der Waals surface area contributed by atoms with E-state index in [0.717, 1.165) is 23.5 Å². The predicted molar refractivity (Wildman–Crippen MR) is 91.8 cm³/mol. The zero-order chi connectivity index (χ0) is 17.5. The van der Waals surface area contributed by atoms with Crippen molar-refractivity contribution in [2.45, 2.75) is 59.5 Å². The molecule has 0 unspecified atom stereocenters. The van der Waals surface area contributed by atoms with Crippen molar-refractivity contribution in [2.24, 2.45) is 0 Å². The zero-order valence-corrected chi connectivity index (χ0v) is 15.4. The van der Waals surface area contributed by atoms with E-state index in [4.69, 9.17) is 4.74 Å². The molecule has 0 saturated carbocycles. The molecular formula is C16H27N3O3S. The SMILES string of the molecule is CCc1nc(CCNC(=O)CCNC(=O)OC(C)(C)C)sc1C. The average molecular weight is 341 g/mol. The lowest BCUT2D eigenvalue weighted by molar-refractivity contribution is -0.120. The van der Waals surface area contributed by atoms with Crippen LogP contribution in [0.5, 0.6) is 0 Å². The maximum atomic E-state index is 11.7. The molecule has 1 heterocycles. The van der Waals surface area contributed by atoms with Gasteiger partial charge >= 0.3 is 6.09 Å². The molecule has 0 bridgehead atoms. The van der Waals surface area contributed by atoms with Crippen LogP contribution in [0.4, 0.5) is 4.79 Å². The summed E-state index contributed by atoms with van der Waals surface area (Å²) in [5.74, 6) is -0.0925. The van der Waals surface area contributed by atoms with E-state index in [-0.39, 0.29) is 18.9 Å². The number of carbonyl (C=O) groups excluding carboxylic acids is 2. The maximum Gasteiger partial charge on any atom is 0.407 e. The van der Waals surface area contributed by atoms with Gasteiger partial charge in [0.2, 0.25) is 5.91 Å². The Morgan fingerprint density at radius 1 is 1.22 bits per heavy atom. The van der Waals surface area contributed by atoms with E-state index in [9.17, 15) is 9.59 Å². The number of alkyl carbamates (subject to hydrolysis) is 1. The van der Waals surface area contributed by atoms with Gasteiger partial charge in [0, 0.05) is 30.8 Å². The highest BCUT2D eigenvalue weighted by atomic mass is 32.1. The van der Waals surface area contributed by atoms with E-state index >= 15 is 0 Å². The number of amides is 2. The molecule has 1 aromatic rings. The number of carbonyl (C=O) groups is 2. The van der Waals surface area contributed by atoms with Crippen LogP contribution in [0.2, 0.25) is 0 Å². The van der Waals surface area contributed by atoms with E-state index in [1.54, 1.807) is 32.1 Å². The molecule has 6 nitrogen and oxygen atoms in total. The first-order valence-corrected chi connectivity index (χ1v) is 8.71. The average Bonchev–Trinajstić information content (AvgIpc) is 2.77. The number of nitrogens with zero attached hydrogens (tertiary/aromatic N) is 1. The van der Waals surface area contributed by atoms with Crippen molar-refractivity contribution in [1.29, 1.82) is 0 Å². The number of aryl methyl sites for hydroxylation is 2. The van der Waals surface area contributed by atoms with Crippen molar-refractivity contribution >= 4 is 23.3 Å². The predicted octanol–water partition coefficient (Wildman–Crippen LogP) is 2.59. The van der Waals surface area contributed by atoms with Crippen molar-refractivity contribution in [3.8, 4) is 0 Å². The van der Waals surface area contributed by atoms with Crippen LogP contribution in [0.15, 0.2) is 0 Å². The number of aromatic nitrogens is 1. The van der Waals surface area contributed by atoms with Gasteiger partial charge < -0.3 is 15.4 Å². The van der Waals surface area contributed by atoms with Gasteiger partial charge in [-0.15, -0.1) is 11.3 Å². The first-order valence-electron chi connectivity index (χ1n) is 7.90. The fourth-order valence-electron chi connectivity index (χ4n) is 1.91. The van der Waals surface area contributed by atoms with Crippen molar-refractivity contribution in [3.05, 3.63) is 15.6 Å². The van der Waals surface area contributed by atoms with Crippen LogP contribution in [0.25, 0.3) is 0 Å². The number of ether oxygens (including phenoxy) is 1. The molecule has 2 N–H and O–H groups in total. The molecule has 7 heteroatoms. The van der Waals surface area contributed by atoms with E-state index in [0.29, 0.717) is 6.54 Å². The minimum absolute atomic E-state index is 0.0925. The van der Waals surface area contributed by atoms with Crippen molar-refractivity contribution in [3.63, 3.8) is 0 Å². The largest absolute Gasteiger partial charge is 0.444 e. The lowest BCUT2D eigenvalue weighted by atomic mass is 10.2. The molecule has 23 heavy (non-hydrogen) atoms. The van der Waals surface area contributed by atoms with Gasteiger partial charge in [-0.3, -0.25) is 4.79 Å². The van der Waals surface area contributed by atoms with Crippen LogP contribution in [0, 0.1) is 6.92 Å². The summed E-state index contributed by atoms with van der Waals surface area (Å²) in [5, 5.41) is 6.45. The summed E-state index contributed by atoms with van der Waals surface area (Å²) < 4.78 is 5.09. The summed E-state index contributed by atoms with van der Waals surface area (Å²) in [6.45, 7) is 10.4. The van der Waals surface area contributed by atoms with Crippen LogP contribution in [0.3, 0.4) is 0 Å². The molecule has 2 amide bonds. The molecule has 0 aromatic carbocycles. The fourth-order valence-corrected chi connectivity index (χ4v) is 2.93. The van der Waals surface area contributed by atoms with E-state index in [1.165, 1.54) is 4.88 Å². The molecule has 0 aliphatic rings. The summed E-state index contributed by atoms with van der Waals surface area (Å²) in [4.78, 5) is 28.9. The Labute approximate surface area is 142 Å². The lowest BCUT2D eigenvalue weighted by Gasteiger charge is -2.19. The molecule has 1 rings (SSSR count). The molecule has 0 atom stereocenters. The summed E-state index contributed by atoms with van der Waals surface area (Å²) in [6, 6.07) is 0. The van der Waals surface area contributed by atoms with Crippen LogP contribution in [0.1, 0.15) is 49.7 Å². The molecule has 1 aromatic heterocycles. The van der Waals surface area contributed by atoms with E-state index in [1.807, 2.05) is 0 Å². The van der Waals surface area contributed by atoms with E-state index < -0.39 is 11.7 Å². The highest BCUT2D eigenvalue weighted by Gasteiger charge is 2.15. The third kappa shape index (κ3) is 7.97. The second-order valence-electron chi connectivity index (χ2n) is 6.24. The first-order chi connectivity index (χ1) is 10.7. The minimum Gasteiger partial charge on any atom is -0.444 e. The van der Waals surface area contributed by atoms with Crippen LogP contribution < -0.4 is 10.6 Å².